The SMILES string of the molecule is CCCCCCNC(=NCc1ccc(Cn2ccccc2=O)cc1)NCC. The summed E-state index contributed by atoms with van der Waals surface area (Å²) in [5.74, 6) is 0.869. The van der Waals surface area contributed by atoms with Crippen LogP contribution in [0.3, 0.4) is 0 Å². The lowest BCUT2D eigenvalue weighted by Gasteiger charge is -2.11. The number of pyridine rings is 1. The van der Waals surface area contributed by atoms with Crippen LogP contribution in [0.5, 0.6) is 0 Å². The Bertz CT molecular complexity index is 749. The Morgan fingerprint density at radius 2 is 1.74 bits per heavy atom. The first-order valence-electron chi connectivity index (χ1n) is 9.98. The van der Waals surface area contributed by atoms with Gasteiger partial charge >= 0.3 is 0 Å². The molecule has 0 aliphatic rings. The molecule has 1 heterocycles. The summed E-state index contributed by atoms with van der Waals surface area (Å²) in [6, 6.07) is 13.5. The van der Waals surface area contributed by atoms with Crippen LogP contribution in [-0.2, 0) is 13.1 Å². The zero-order chi connectivity index (χ0) is 19.3. The van der Waals surface area contributed by atoms with Crippen molar-refractivity contribution in [2.45, 2.75) is 52.6 Å². The number of aliphatic imine (C=N–C) groups is 1. The summed E-state index contributed by atoms with van der Waals surface area (Å²) in [4.78, 5) is 16.5. The van der Waals surface area contributed by atoms with E-state index in [9.17, 15) is 4.79 Å². The van der Waals surface area contributed by atoms with Gasteiger partial charge in [0.05, 0.1) is 13.1 Å². The highest BCUT2D eigenvalue weighted by Gasteiger charge is 2.00. The van der Waals surface area contributed by atoms with Crippen molar-refractivity contribution < 1.29 is 0 Å². The smallest absolute Gasteiger partial charge is 0.250 e. The second-order valence-corrected chi connectivity index (χ2v) is 6.67. The number of benzene rings is 1. The number of hydrogen-bond acceptors (Lipinski definition) is 2. The normalized spacial score (nSPS) is 11.4. The number of nitrogens with one attached hydrogen (secondary N) is 2. The van der Waals surface area contributed by atoms with E-state index in [-0.39, 0.29) is 5.56 Å². The van der Waals surface area contributed by atoms with Crippen molar-refractivity contribution in [1.82, 2.24) is 15.2 Å². The maximum atomic E-state index is 11.8. The Morgan fingerprint density at radius 3 is 2.44 bits per heavy atom. The van der Waals surface area contributed by atoms with Crippen LogP contribution in [0, 0.1) is 0 Å². The predicted octanol–water partition coefficient (Wildman–Crippen LogP) is 3.53. The third-order valence-electron chi connectivity index (χ3n) is 4.36. The molecule has 0 radical (unpaired) electrons. The monoisotopic (exact) mass is 368 g/mol. The maximum absolute atomic E-state index is 11.8. The Balaban J connectivity index is 1.88. The van der Waals surface area contributed by atoms with Gasteiger partial charge in [-0.15, -0.1) is 0 Å². The van der Waals surface area contributed by atoms with Gasteiger partial charge in [0.1, 0.15) is 0 Å². The lowest BCUT2D eigenvalue weighted by atomic mass is 10.1. The Kier molecular flexibility index (Phi) is 9.18. The average Bonchev–Trinajstić information content (AvgIpc) is 2.69. The molecule has 5 nitrogen and oxygen atoms in total. The summed E-state index contributed by atoms with van der Waals surface area (Å²) in [7, 11) is 0. The van der Waals surface area contributed by atoms with Crippen molar-refractivity contribution in [3.8, 4) is 0 Å². The number of guanidine groups is 1. The molecule has 0 saturated carbocycles. The van der Waals surface area contributed by atoms with Crippen molar-refractivity contribution in [3.05, 3.63) is 70.1 Å². The van der Waals surface area contributed by atoms with E-state index in [0.717, 1.165) is 30.2 Å². The molecule has 0 saturated heterocycles. The number of aromatic nitrogens is 1. The molecule has 146 valence electrons. The lowest BCUT2D eigenvalue weighted by molar-refractivity contribution is 0.647. The minimum Gasteiger partial charge on any atom is -0.357 e. The molecule has 1 aromatic heterocycles. The van der Waals surface area contributed by atoms with Crippen molar-refractivity contribution in [2.75, 3.05) is 13.1 Å². The molecule has 0 unspecified atom stereocenters. The van der Waals surface area contributed by atoms with E-state index in [1.807, 2.05) is 12.3 Å². The van der Waals surface area contributed by atoms with E-state index < -0.39 is 0 Å². The fraction of sp³-hybridized carbons (Fsp3) is 0.455. The fourth-order valence-corrected chi connectivity index (χ4v) is 2.81. The first kappa shape index (κ1) is 20.7. The summed E-state index contributed by atoms with van der Waals surface area (Å²) >= 11 is 0. The van der Waals surface area contributed by atoms with Gasteiger partial charge in [-0.1, -0.05) is 56.5 Å². The molecule has 0 fully saturated rings. The van der Waals surface area contributed by atoms with Crippen LogP contribution in [-0.4, -0.2) is 23.6 Å². The number of unbranched alkanes of at least 4 members (excludes halogenated alkanes) is 3. The first-order chi connectivity index (χ1) is 13.2. The molecule has 2 rings (SSSR count). The van der Waals surface area contributed by atoms with Gasteiger partial charge in [0.25, 0.3) is 5.56 Å². The predicted molar refractivity (Wildman–Crippen MR) is 113 cm³/mol. The molecule has 0 bridgehead atoms. The van der Waals surface area contributed by atoms with E-state index in [0.29, 0.717) is 13.1 Å². The molecule has 0 amide bonds. The van der Waals surface area contributed by atoms with E-state index in [1.165, 1.54) is 25.7 Å². The second kappa shape index (κ2) is 11.9. The number of hydrogen-bond donors (Lipinski definition) is 2. The highest BCUT2D eigenvalue weighted by Crippen LogP contribution is 2.07. The van der Waals surface area contributed by atoms with Gasteiger partial charge in [-0.2, -0.15) is 0 Å². The quantitative estimate of drug-likeness (QED) is 0.383. The minimum atomic E-state index is 0.0199. The van der Waals surface area contributed by atoms with Crippen LogP contribution in [0.2, 0.25) is 0 Å². The Labute approximate surface area is 162 Å². The van der Waals surface area contributed by atoms with Crippen LogP contribution >= 0.6 is 0 Å². The van der Waals surface area contributed by atoms with E-state index in [1.54, 1.807) is 16.7 Å². The summed E-state index contributed by atoms with van der Waals surface area (Å²) in [6.07, 6.45) is 6.79. The van der Waals surface area contributed by atoms with Crippen molar-refractivity contribution in [2.24, 2.45) is 4.99 Å². The minimum absolute atomic E-state index is 0.0199. The Hall–Kier alpha value is -2.56. The zero-order valence-electron chi connectivity index (χ0n) is 16.6. The molecule has 0 aliphatic heterocycles. The standard InChI is InChI=1S/C22H32N4O/c1-3-5-6-8-15-24-22(23-4-2)25-17-19-11-13-20(14-12-19)18-26-16-9-7-10-21(26)27/h7,9-14,16H,3-6,8,15,17-18H2,1-2H3,(H2,23,24,25). The molecular formula is C22H32N4O. The fourth-order valence-electron chi connectivity index (χ4n) is 2.81. The molecule has 2 aromatic rings. The maximum Gasteiger partial charge on any atom is 0.250 e. The third-order valence-corrected chi connectivity index (χ3v) is 4.36. The van der Waals surface area contributed by atoms with E-state index >= 15 is 0 Å². The highest BCUT2D eigenvalue weighted by molar-refractivity contribution is 5.79. The third kappa shape index (κ3) is 7.69. The van der Waals surface area contributed by atoms with Gasteiger partial charge in [0, 0.05) is 25.4 Å². The van der Waals surface area contributed by atoms with Crippen molar-refractivity contribution in [3.63, 3.8) is 0 Å². The van der Waals surface area contributed by atoms with Crippen LogP contribution in [0.1, 0.15) is 50.7 Å². The van der Waals surface area contributed by atoms with Crippen LogP contribution in [0.25, 0.3) is 0 Å². The zero-order valence-corrected chi connectivity index (χ0v) is 16.6. The summed E-state index contributed by atoms with van der Waals surface area (Å²) in [5, 5.41) is 6.70. The average molecular weight is 369 g/mol. The van der Waals surface area contributed by atoms with Crippen LogP contribution in [0.15, 0.2) is 58.4 Å². The van der Waals surface area contributed by atoms with Crippen LogP contribution in [0.4, 0.5) is 0 Å². The Morgan fingerprint density at radius 1 is 0.963 bits per heavy atom. The van der Waals surface area contributed by atoms with Crippen LogP contribution < -0.4 is 16.2 Å². The van der Waals surface area contributed by atoms with Gasteiger partial charge < -0.3 is 15.2 Å². The van der Waals surface area contributed by atoms with Gasteiger partial charge in [-0.25, -0.2) is 4.99 Å². The highest BCUT2D eigenvalue weighted by atomic mass is 16.1. The van der Waals surface area contributed by atoms with Gasteiger partial charge in [-0.05, 0) is 30.5 Å². The largest absolute Gasteiger partial charge is 0.357 e. The molecule has 0 atom stereocenters. The second-order valence-electron chi connectivity index (χ2n) is 6.67. The molecular weight excluding hydrogens is 336 g/mol. The molecule has 1 aromatic carbocycles. The van der Waals surface area contributed by atoms with Gasteiger partial charge in [0.15, 0.2) is 5.96 Å². The number of rotatable bonds is 10. The lowest BCUT2D eigenvalue weighted by Crippen LogP contribution is -2.37. The summed E-state index contributed by atoms with van der Waals surface area (Å²) in [5.41, 5.74) is 2.28. The first-order valence-corrected chi connectivity index (χ1v) is 9.98. The molecule has 5 heteroatoms. The van der Waals surface area contributed by atoms with Gasteiger partial charge in [0.2, 0.25) is 0 Å². The van der Waals surface area contributed by atoms with Crippen molar-refractivity contribution in [1.29, 1.82) is 0 Å². The topological polar surface area (TPSA) is 58.4 Å². The molecule has 0 spiro atoms. The molecule has 27 heavy (non-hydrogen) atoms. The summed E-state index contributed by atoms with van der Waals surface area (Å²) < 4.78 is 1.71. The van der Waals surface area contributed by atoms with E-state index in [2.05, 4.69) is 53.7 Å². The number of nitrogens with zero attached hydrogens (tertiary/aromatic N) is 2. The molecule has 2 N–H and O–H groups in total. The molecule has 0 aliphatic carbocycles. The van der Waals surface area contributed by atoms with E-state index in [4.69, 9.17) is 0 Å². The summed E-state index contributed by atoms with van der Waals surface area (Å²) in [6.45, 7) is 7.33. The van der Waals surface area contributed by atoms with Gasteiger partial charge in [-0.3, -0.25) is 4.79 Å². The van der Waals surface area contributed by atoms with Crippen molar-refractivity contribution >= 4 is 5.96 Å².